The lowest BCUT2D eigenvalue weighted by Gasteiger charge is -2.25. The summed E-state index contributed by atoms with van der Waals surface area (Å²) in [4.78, 5) is 37.8. The predicted molar refractivity (Wildman–Crippen MR) is 116 cm³/mol. The Kier molecular flexibility index (Phi) is 7.32. The van der Waals surface area contributed by atoms with Gasteiger partial charge in [-0.3, -0.25) is 14.4 Å². The third kappa shape index (κ3) is 5.14. The first-order chi connectivity index (χ1) is 15.7. The number of rotatable bonds is 9. The van der Waals surface area contributed by atoms with Crippen LogP contribution in [-0.4, -0.2) is 51.5 Å². The summed E-state index contributed by atoms with van der Waals surface area (Å²) >= 11 is 0. The van der Waals surface area contributed by atoms with Gasteiger partial charge < -0.3 is 25.0 Å². The van der Waals surface area contributed by atoms with Gasteiger partial charge in [-0.25, -0.2) is 4.39 Å². The van der Waals surface area contributed by atoms with E-state index in [1.54, 1.807) is 0 Å². The molecule has 9 heteroatoms. The number of carboxylic acids is 1. The molecule has 2 aromatic carbocycles. The van der Waals surface area contributed by atoms with Crippen molar-refractivity contribution in [3.05, 3.63) is 65.0 Å². The molecule has 1 heterocycles. The van der Waals surface area contributed by atoms with Crippen molar-refractivity contribution in [1.82, 2.24) is 4.90 Å². The zero-order valence-corrected chi connectivity index (χ0v) is 18.0. The van der Waals surface area contributed by atoms with E-state index < -0.39 is 35.3 Å². The number of aromatic hydroxyl groups is 1. The number of halogens is 1. The van der Waals surface area contributed by atoms with Crippen molar-refractivity contribution in [3.8, 4) is 11.5 Å². The summed E-state index contributed by atoms with van der Waals surface area (Å²) < 4.78 is 18.5. The van der Waals surface area contributed by atoms with Gasteiger partial charge in [-0.2, -0.15) is 0 Å². The Bertz CT molecular complexity index is 1090. The molecule has 0 bridgehead atoms. The predicted octanol–water partition coefficient (Wildman–Crippen LogP) is 3.61. The van der Waals surface area contributed by atoms with Crippen molar-refractivity contribution in [2.24, 2.45) is 0 Å². The number of hydrogen-bond acceptors (Lipinski definition) is 6. The number of aliphatic hydroxyl groups excluding tert-OH is 1. The summed E-state index contributed by atoms with van der Waals surface area (Å²) in [5, 5.41) is 29.7. The van der Waals surface area contributed by atoms with Crippen LogP contribution in [0.1, 0.15) is 42.9 Å². The molecule has 0 spiro atoms. The number of ketones is 1. The molecule has 0 aromatic heterocycles. The van der Waals surface area contributed by atoms with Crippen LogP contribution in [0.2, 0.25) is 0 Å². The number of unbranched alkanes of at least 4 members (excludes halogenated alkanes) is 2. The van der Waals surface area contributed by atoms with Gasteiger partial charge in [0.15, 0.2) is 11.5 Å². The van der Waals surface area contributed by atoms with Crippen LogP contribution in [-0.2, 0) is 14.4 Å². The first-order valence-corrected chi connectivity index (χ1v) is 10.4. The Morgan fingerprint density at radius 3 is 2.39 bits per heavy atom. The number of aliphatic hydroxyl groups is 1. The maximum atomic E-state index is 13.3. The highest BCUT2D eigenvalue weighted by atomic mass is 19.1. The zero-order valence-electron chi connectivity index (χ0n) is 18.0. The van der Waals surface area contributed by atoms with Crippen LogP contribution in [0.25, 0.3) is 5.76 Å². The molecule has 1 unspecified atom stereocenters. The summed E-state index contributed by atoms with van der Waals surface area (Å²) in [6, 6.07) is 8.25. The van der Waals surface area contributed by atoms with E-state index in [1.165, 1.54) is 42.3 Å². The van der Waals surface area contributed by atoms with E-state index in [0.29, 0.717) is 24.8 Å². The zero-order chi connectivity index (χ0) is 24.1. The van der Waals surface area contributed by atoms with Gasteiger partial charge >= 0.3 is 5.97 Å². The van der Waals surface area contributed by atoms with Crippen LogP contribution in [0.4, 0.5) is 4.39 Å². The first-order valence-electron chi connectivity index (χ1n) is 10.4. The number of likely N-dealkylation sites (tertiary alicyclic amines) is 1. The monoisotopic (exact) mass is 457 g/mol. The standard InChI is InChI=1S/C24H24FNO7/c1-33-18-13-15(8-11-17(18)27)21-20(22(30)14-6-9-16(25)10-7-14)23(31)24(32)26(21)12-4-2-3-5-19(28)29/h6-11,13,21,27,30H,2-5,12H2,1H3,(H,28,29)/b22-20+. The number of carbonyl (C=O) groups is 3. The van der Waals surface area contributed by atoms with Crippen LogP contribution in [0.5, 0.6) is 11.5 Å². The Morgan fingerprint density at radius 1 is 1.06 bits per heavy atom. The highest BCUT2D eigenvalue weighted by molar-refractivity contribution is 6.46. The highest BCUT2D eigenvalue weighted by Gasteiger charge is 2.46. The second-order valence-electron chi connectivity index (χ2n) is 7.64. The van der Waals surface area contributed by atoms with E-state index in [0.717, 1.165) is 12.1 Å². The molecular weight excluding hydrogens is 433 g/mol. The lowest BCUT2D eigenvalue weighted by molar-refractivity contribution is -0.140. The third-order valence-corrected chi connectivity index (χ3v) is 5.47. The molecule has 0 radical (unpaired) electrons. The minimum atomic E-state index is -0.968. The topological polar surface area (TPSA) is 124 Å². The first kappa shape index (κ1) is 23.8. The number of hydrogen-bond donors (Lipinski definition) is 3. The van der Waals surface area contributed by atoms with Crippen molar-refractivity contribution < 1.29 is 38.8 Å². The molecule has 174 valence electrons. The summed E-state index contributed by atoms with van der Waals surface area (Å²) in [7, 11) is 1.36. The number of benzene rings is 2. The summed E-state index contributed by atoms with van der Waals surface area (Å²) in [5.74, 6) is -3.59. The van der Waals surface area contributed by atoms with Crippen molar-refractivity contribution in [3.63, 3.8) is 0 Å². The Labute approximate surface area is 189 Å². The number of carboxylic acid groups (broad SMARTS) is 1. The van der Waals surface area contributed by atoms with Gasteiger partial charge in [-0.15, -0.1) is 0 Å². The minimum Gasteiger partial charge on any atom is -0.507 e. The van der Waals surface area contributed by atoms with Crippen LogP contribution in [0.15, 0.2) is 48.0 Å². The van der Waals surface area contributed by atoms with E-state index in [9.17, 15) is 29.0 Å². The number of aliphatic carboxylic acids is 1. The molecule has 3 N–H and O–H groups in total. The van der Waals surface area contributed by atoms with Gasteiger partial charge in [-0.05, 0) is 54.8 Å². The summed E-state index contributed by atoms with van der Waals surface area (Å²) in [5.41, 5.74) is 0.439. The van der Waals surface area contributed by atoms with Gasteiger partial charge in [0.1, 0.15) is 11.6 Å². The average Bonchev–Trinajstić information content (AvgIpc) is 3.04. The maximum absolute atomic E-state index is 13.3. The number of phenols is 1. The number of phenolic OH excluding ortho intramolecular Hbond substituents is 1. The summed E-state index contributed by atoms with van der Waals surface area (Å²) in [6.07, 6.45) is 1.40. The van der Waals surface area contributed by atoms with Crippen molar-refractivity contribution in [2.45, 2.75) is 31.7 Å². The Hall–Kier alpha value is -3.88. The number of amides is 1. The number of methoxy groups -OCH3 is 1. The van der Waals surface area contributed by atoms with Crippen LogP contribution < -0.4 is 4.74 Å². The fourth-order valence-electron chi connectivity index (χ4n) is 3.82. The second-order valence-corrected chi connectivity index (χ2v) is 7.64. The second kappa shape index (κ2) is 10.2. The van der Waals surface area contributed by atoms with Crippen LogP contribution in [0, 0.1) is 5.82 Å². The van der Waals surface area contributed by atoms with Crippen LogP contribution in [0.3, 0.4) is 0 Å². The molecule has 1 amide bonds. The van der Waals surface area contributed by atoms with E-state index in [2.05, 4.69) is 0 Å². The SMILES string of the molecule is COc1cc(C2/C(=C(\O)c3ccc(F)cc3)C(=O)C(=O)N2CCCCCC(=O)O)ccc1O. The Balaban J connectivity index is 2.02. The van der Waals surface area contributed by atoms with Gasteiger partial charge in [0.25, 0.3) is 11.7 Å². The van der Waals surface area contributed by atoms with Gasteiger partial charge in [0.2, 0.25) is 0 Å². The number of Topliss-reactive ketones (excluding diaryl/α,β-unsaturated/α-hetero) is 1. The van der Waals surface area contributed by atoms with Crippen molar-refractivity contribution in [2.75, 3.05) is 13.7 Å². The largest absolute Gasteiger partial charge is 0.507 e. The lowest BCUT2D eigenvalue weighted by Crippen LogP contribution is -2.30. The lowest BCUT2D eigenvalue weighted by atomic mass is 9.95. The molecule has 1 aliphatic heterocycles. The van der Waals surface area contributed by atoms with E-state index in [1.807, 2.05) is 0 Å². The van der Waals surface area contributed by atoms with Crippen molar-refractivity contribution in [1.29, 1.82) is 0 Å². The van der Waals surface area contributed by atoms with Gasteiger partial charge in [0.05, 0.1) is 18.7 Å². The van der Waals surface area contributed by atoms with Gasteiger partial charge in [0, 0.05) is 18.5 Å². The maximum Gasteiger partial charge on any atom is 0.303 e. The van der Waals surface area contributed by atoms with Crippen LogP contribution >= 0.6 is 0 Å². The van der Waals surface area contributed by atoms with E-state index in [-0.39, 0.29) is 35.6 Å². The molecule has 1 aliphatic rings. The Morgan fingerprint density at radius 2 is 1.76 bits per heavy atom. The van der Waals surface area contributed by atoms with E-state index in [4.69, 9.17) is 9.84 Å². The molecule has 3 rings (SSSR count). The third-order valence-electron chi connectivity index (χ3n) is 5.47. The molecule has 0 saturated carbocycles. The van der Waals surface area contributed by atoms with Crippen molar-refractivity contribution >= 4 is 23.4 Å². The molecular formula is C24H24FNO7. The molecule has 1 fully saturated rings. The minimum absolute atomic E-state index is 0.00196. The molecule has 1 saturated heterocycles. The quantitative estimate of drug-likeness (QED) is 0.227. The molecule has 1 atom stereocenters. The fourth-order valence-corrected chi connectivity index (χ4v) is 3.82. The molecule has 33 heavy (non-hydrogen) atoms. The number of nitrogens with zero attached hydrogens (tertiary/aromatic N) is 1. The highest BCUT2D eigenvalue weighted by Crippen LogP contribution is 2.41. The fraction of sp³-hybridized carbons (Fsp3) is 0.292. The average molecular weight is 457 g/mol. The molecule has 8 nitrogen and oxygen atoms in total. The normalized spacial score (nSPS) is 17.4. The summed E-state index contributed by atoms with van der Waals surface area (Å²) in [6.45, 7) is 0.151. The number of ether oxygens (including phenoxy) is 1. The van der Waals surface area contributed by atoms with Gasteiger partial charge in [-0.1, -0.05) is 12.5 Å². The smallest absolute Gasteiger partial charge is 0.303 e. The molecule has 0 aliphatic carbocycles. The number of carbonyl (C=O) groups excluding carboxylic acids is 2. The van der Waals surface area contributed by atoms with E-state index >= 15 is 0 Å². The molecule has 2 aromatic rings.